The third kappa shape index (κ3) is 3.81. The highest BCUT2D eigenvalue weighted by Gasteiger charge is 2.17. The van der Waals surface area contributed by atoms with Gasteiger partial charge in [0.2, 0.25) is 0 Å². The minimum absolute atomic E-state index is 0.142. The van der Waals surface area contributed by atoms with E-state index >= 15 is 0 Å². The van der Waals surface area contributed by atoms with Gasteiger partial charge in [-0.05, 0) is 55.6 Å². The monoisotopic (exact) mass is 335 g/mol. The molecule has 0 N–H and O–H groups in total. The number of hydrogen-bond acceptors (Lipinski definition) is 4. The molecule has 1 aliphatic rings. The lowest BCUT2D eigenvalue weighted by Gasteiger charge is -2.29. The number of rotatable bonds is 5. The van der Waals surface area contributed by atoms with Crippen LogP contribution in [0.15, 0.2) is 66.8 Å². The van der Waals surface area contributed by atoms with Crippen molar-refractivity contribution in [2.45, 2.75) is 25.6 Å². The van der Waals surface area contributed by atoms with E-state index < -0.39 is 0 Å². The topological polar surface area (TPSA) is 34.6 Å². The van der Waals surface area contributed by atoms with Crippen LogP contribution in [-0.4, -0.2) is 24.6 Å². The van der Waals surface area contributed by atoms with Crippen molar-refractivity contribution in [2.24, 2.45) is 0 Å². The highest BCUT2D eigenvalue weighted by Crippen LogP contribution is 2.28. The fourth-order valence-corrected chi connectivity index (χ4v) is 3.08. The van der Waals surface area contributed by atoms with Gasteiger partial charge in [-0.25, -0.2) is 0 Å². The molecule has 1 aliphatic heterocycles. The lowest BCUT2D eigenvalue weighted by Crippen LogP contribution is -2.29. The smallest absolute Gasteiger partial charge is 0.159 e. The maximum Gasteiger partial charge on any atom is 0.159 e. The van der Waals surface area contributed by atoms with Gasteiger partial charge in [-0.1, -0.05) is 24.3 Å². The van der Waals surface area contributed by atoms with E-state index in [2.05, 4.69) is 28.1 Å². The van der Waals surface area contributed by atoms with E-state index in [1.54, 1.807) is 6.20 Å². The Kier molecular flexibility index (Phi) is 4.54. The number of para-hydroxylation sites is 1. The maximum absolute atomic E-state index is 7.82. The predicted octanol–water partition coefficient (Wildman–Crippen LogP) is 4.87. The zero-order valence-corrected chi connectivity index (χ0v) is 14.1. The third-order valence-electron chi connectivity index (χ3n) is 4.44. The van der Waals surface area contributed by atoms with Crippen LogP contribution in [0.25, 0.3) is 10.9 Å². The minimum Gasteiger partial charge on any atom is -0.353 e. The van der Waals surface area contributed by atoms with Gasteiger partial charge in [0, 0.05) is 29.6 Å². The average Bonchev–Trinajstić information content (AvgIpc) is 2.69. The van der Waals surface area contributed by atoms with Crippen LogP contribution in [0.4, 0.5) is 11.4 Å². The van der Waals surface area contributed by atoms with Crippen LogP contribution in [-0.2, 0) is 9.47 Å². The van der Waals surface area contributed by atoms with Crippen molar-refractivity contribution < 1.29 is 10.8 Å². The number of nitrogens with zero attached hydrogens (tertiary/aromatic N) is 2. The normalized spacial score (nSPS) is 18.1. The van der Waals surface area contributed by atoms with Crippen LogP contribution in [0.2, 0.25) is 0 Å². The molecule has 1 aromatic heterocycles. The van der Waals surface area contributed by atoms with E-state index in [9.17, 15) is 0 Å². The summed E-state index contributed by atoms with van der Waals surface area (Å²) in [5.41, 5.74) is 2.94. The Balaban J connectivity index is 1.63. The molecule has 0 amide bonds. The quantitative estimate of drug-likeness (QED) is 0.623. The number of benzene rings is 2. The van der Waals surface area contributed by atoms with Gasteiger partial charge in [-0.2, -0.15) is 0 Å². The second-order valence-electron chi connectivity index (χ2n) is 6.17. The fourth-order valence-electron chi connectivity index (χ4n) is 3.08. The van der Waals surface area contributed by atoms with Crippen molar-refractivity contribution in [3.05, 3.63) is 66.8 Å². The average molecular weight is 335 g/mol. The molecule has 4 heteroatoms. The molecule has 2 aromatic carbocycles. The highest BCUT2D eigenvalue weighted by molar-refractivity contribution is 5.83. The molecule has 2 heterocycles. The summed E-state index contributed by atoms with van der Waals surface area (Å²) in [6.07, 6.45) is 4.61. The Morgan fingerprint density at radius 1 is 1.12 bits per heavy atom. The molecule has 25 heavy (non-hydrogen) atoms. The number of pyridine rings is 1. The Bertz CT molecular complexity index is 866. The van der Waals surface area contributed by atoms with Gasteiger partial charge in [0.1, 0.15) is 6.73 Å². The first-order valence-electron chi connectivity index (χ1n) is 9.22. The number of fused-ring (bicyclic) bond motifs is 1. The van der Waals surface area contributed by atoms with Crippen molar-refractivity contribution in [1.82, 2.24) is 4.98 Å². The predicted molar refractivity (Wildman–Crippen MR) is 99.9 cm³/mol. The van der Waals surface area contributed by atoms with Crippen molar-refractivity contribution >= 4 is 22.3 Å². The van der Waals surface area contributed by atoms with Gasteiger partial charge < -0.3 is 14.4 Å². The molecule has 0 bridgehead atoms. The molecule has 1 unspecified atom stereocenters. The first-order chi connectivity index (χ1) is 12.8. The van der Waals surface area contributed by atoms with Crippen LogP contribution in [0, 0.1) is 0 Å². The largest absolute Gasteiger partial charge is 0.353 e. The SMILES string of the molecule is [2H]c1cnc2ccc(N(COC3CCCCO3)c3ccccc3)cc2c1. The second kappa shape index (κ2) is 7.64. The number of anilines is 2. The van der Waals surface area contributed by atoms with Gasteiger partial charge in [-0.3, -0.25) is 4.98 Å². The minimum atomic E-state index is -0.142. The summed E-state index contributed by atoms with van der Waals surface area (Å²) in [6, 6.07) is 18.5. The van der Waals surface area contributed by atoms with E-state index in [-0.39, 0.29) is 6.29 Å². The molecule has 128 valence electrons. The molecule has 4 nitrogen and oxygen atoms in total. The van der Waals surface area contributed by atoms with Crippen LogP contribution in [0.1, 0.15) is 20.6 Å². The fraction of sp³-hybridized carbons (Fsp3) is 0.286. The van der Waals surface area contributed by atoms with Gasteiger partial charge in [0.25, 0.3) is 0 Å². The van der Waals surface area contributed by atoms with Crippen LogP contribution in [0.3, 0.4) is 0 Å². The molecule has 1 saturated heterocycles. The number of ether oxygens (including phenoxy) is 2. The van der Waals surface area contributed by atoms with Gasteiger partial charge in [0.15, 0.2) is 6.29 Å². The molecular formula is C21H22N2O2. The molecular weight excluding hydrogens is 312 g/mol. The van der Waals surface area contributed by atoms with Crippen molar-refractivity contribution in [2.75, 3.05) is 18.2 Å². The molecule has 4 rings (SSSR count). The van der Waals surface area contributed by atoms with E-state index in [0.717, 1.165) is 48.1 Å². The zero-order chi connectivity index (χ0) is 17.8. The molecule has 0 aliphatic carbocycles. The lowest BCUT2D eigenvalue weighted by atomic mass is 10.1. The van der Waals surface area contributed by atoms with Crippen molar-refractivity contribution in [3.8, 4) is 0 Å². The van der Waals surface area contributed by atoms with E-state index in [0.29, 0.717) is 12.8 Å². The first-order valence-corrected chi connectivity index (χ1v) is 8.72. The highest BCUT2D eigenvalue weighted by atomic mass is 16.7. The second-order valence-corrected chi connectivity index (χ2v) is 6.17. The summed E-state index contributed by atoms with van der Waals surface area (Å²) in [6.45, 7) is 1.18. The summed E-state index contributed by atoms with van der Waals surface area (Å²) in [7, 11) is 0. The third-order valence-corrected chi connectivity index (χ3v) is 4.44. The van der Waals surface area contributed by atoms with Crippen LogP contribution < -0.4 is 4.90 Å². The van der Waals surface area contributed by atoms with Gasteiger partial charge >= 0.3 is 0 Å². The molecule has 1 fully saturated rings. The van der Waals surface area contributed by atoms with E-state index in [1.165, 1.54) is 0 Å². The Hall–Kier alpha value is -2.43. The molecule has 3 aromatic rings. The van der Waals surface area contributed by atoms with Gasteiger partial charge in [0.05, 0.1) is 6.89 Å². The summed E-state index contributed by atoms with van der Waals surface area (Å²) in [5, 5.41) is 0.949. The van der Waals surface area contributed by atoms with Gasteiger partial charge in [-0.15, -0.1) is 0 Å². The Labute approximate surface area is 149 Å². The standard InChI is InChI=1S/C21H22N2O2/c1-2-8-18(9-3-1)23(16-25-21-10-4-5-14-24-21)19-11-12-20-17(15-19)7-6-13-22-20/h1-3,6-9,11-13,15,21H,4-5,10,14,16H2/i6D. The van der Waals surface area contributed by atoms with Crippen molar-refractivity contribution in [1.29, 1.82) is 0 Å². The Morgan fingerprint density at radius 3 is 2.88 bits per heavy atom. The van der Waals surface area contributed by atoms with Crippen LogP contribution in [0.5, 0.6) is 0 Å². The maximum atomic E-state index is 7.82. The summed E-state index contributed by atoms with van der Waals surface area (Å²) in [4.78, 5) is 6.44. The molecule has 1 atom stereocenters. The van der Waals surface area contributed by atoms with Crippen LogP contribution >= 0.6 is 0 Å². The van der Waals surface area contributed by atoms with E-state index in [1.807, 2.05) is 36.4 Å². The molecule has 0 spiro atoms. The Morgan fingerprint density at radius 2 is 2.04 bits per heavy atom. The summed E-state index contributed by atoms with van der Waals surface area (Å²) in [5.74, 6) is 0. The molecule has 0 radical (unpaired) electrons. The summed E-state index contributed by atoms with van der Waals surface area (Å²) >= 11 is 0. The first kappa shape index (κ1) is 14.9. The van der Waals surface area contributed by atoms with Crippen molar-refractivity contribution in [3.63, 3.8) is 0 Å². The number of hydrogen-bond donors (Lipinski definition) is 0. The molecule has 0 saturated carbocycles. The lowest BCUT2D eigenvalue weighted by molar-refractivity contribution is -0.160. The zero-order valence-electron chi connectivity index (χ0n) is 15.1. The van der Waals surface area contributed by atoms with E-state index in [4.69, 9.17) is 10.8 Å². The summed E-state index contributed by atoms with van der Waals surface area (Å²) < 4.78 is 19.6. The number of aromatic nitrogens is 1.